The Morgan fingerprint density at radius 1 is 0.800 bits per heavy atom. The second-order valence-corrected chi connectivity index (χ2v) is 3.92. The zero-order valence-electron chi connectivity index (χ0n) is 10.2. The third-order valence-corrected chi connectivity index (χ3v) is 2.80. The molecule has 2 aromatic rings. The number of nitrogens with zero attached hydrogens (tertiary/aromatic N) is 4. The molecule has 0 amide bonds. The summed E-state index contributed by atoms with van der Waals surface area (Å²) in [6, 6.07) is 9.74. The molecule has 0 aliphatic rings. The second kappa shape index (κ2) is 5.63. The van der Waals surface area contributed by atoms with Crippen LogP contribution in [0.25, 0.3) is 21.8 Å². The molecule has 0 heterocycles. The summed E-state index contributed by atoms with van der Waals surface area (Å²) in [5.41, 5.74) is 17.5. The summed E-state index contributed by atoms with van der Waals surface area (Å²) >= 11 is 0. The Morgan fingerprint density at radius 2 is 1.20 bits per heavy atom. The van der Waals surface area contributed by atoms with Gasteiger partial charge in [-0.3, -0.25) is 9.59 Å². The van der Waals surface area contributed by atoms with E-state index in [1.165, 1.54) is 12.1 Å². The van der Waals surface area contributed by atoms with Crippen molar-refractivity contribution in [2.24, 2.45) is 0 Å². The molecule has 0 bridgehead atoms. The molecule has 20 heavy (non-hydrogen) atoms. The average molecular weight is 264 g/mol. The predicted molar refractivity (Wildman–Crippen MR) is 72.0 cm³/mol. The largest absolute Gasteiger partial charge is 0.361 e. The van der Waals surface area contributed by atoms with Crippen LogP contribution in [0.4, 0.5) is 0 Å². The lowest BCUT2D eigenvalue weighted by Gasteiger charge is -2.05. The molecule has 0 spiro atoms. The van der Waals surface area contributed by atoms with Crippen molar-refractivity contribution in [2.45, 2.75) is 0 Å². The molecule has 6 heteroatoms. The SMILES string of the molecule is [N-]=[N+]=CC(=O)c1ccc(C(=O)C=[N+]=[N-])c2ccccc12. The molecular formula is C14H8N4O2. The number of hydrogen-bond acceptors (Lipinski definition) is 2. The number of benzene rings is 2. The molecule has 0 N–H and O–H groups in total. The van der Waals surface area contributed by atoms with Gasteiger partial charge in [-0.05, 0) is 22.9 Å². The molecule has 0 atom stereocenters. The first-order valence-corrected chi connectivity index (χ1v) is 5.64. The molecule has 0 unspecified atom stereocenters. The normalized spacial score (nSPS) is 9.40. The first-order valence-electron chi connectivity index (χ1n) is 5.64. The topological polar surface area (TPSA) is 107 Å². The summed E-state index contributed by atoms with van der Waals surface area (Å²) < 4.78 is 0. The number of carbonyl (C=O) groups is 2. The molecule has 0 aliphatic carbocycles. The average Bonchev–Trinajstić information content (AvgIpc) is 2.46. The van der Waals surface area contributed by atoms with Crippen molar-refractivity contribution in [3.63, 3.8) is 0 Å². The Balaban J connectivity index is 2.76. The van der Waals surface area contributed by atoms with E-state index in [0.717, 1.165) is 12.4 Å². The molecule has 0 radical (unpaired) electrons. The molecule has 96 valence electrons. The first kappa shape index (κ1) is 13.2. The maximum atomic E-state index is 11.8. The van der Waals surface area contributed by atoms with Gasteiger partial charge in [0.15, 0.2) is 0 Å². The van der Waals surface area contributed by atoms with Crippen molar-refractivity contribution in [3.8, 4) is 0 Å². The molecule has 6 nitrogen and oxygen atoms in total. The van der Waals surface area contributed by atoms with Gasteiger partial charge in [0, 0.05) is 11.1 Å². The summed E-state index contributed by atoms with van der Waals surface area (Å²) in [6.45, 7) is 0. The zero-order chi connectivity index (χ0) is 14.5. The Morgan fingerprint density at radius 3 is 1.55 bits per heavy atom. The lowest BCUT2D eigenvalue weighted by atomic mass is 9.96. The number of fused-ring (bicyclic) bond motifs is 1. The van der Waals surface area contributed by atoms with E-state index < -0.39 is 11.6 Å². The maximum Gasteiger partial charge on any atom is 0.328 e. The van der Waals surface area contributed by atoms with Crippen LogP contribution in [0.1, 0.15) is 20.7 Å². The molecule has 0 saturated carbocycles. The smallest absolute Gasteiger partial charge is 0.328 e. The Labute approximate surface area is 113 Å². The Bertz CT molecular complexity index is 745. The van der Waals surface area contributed by atoms with Gasteiger partial charge in [-0.1, -0.05) is 24.3 Å². The third kappa shape index (κ3) is 2.33. The standard InChI is InChI=1S/C14H8N4O2/c15-17-7-13(19)11-5-6-12(14(20)8-18-16)10-4-2-1-3-9(10)11/h1-8H. The minimum absolute atomic E-state index is 0.316. The van der Waals surface area contributed by atoms with E-state index in [0.29, 0.717) is 21.9 Å². The highest BCUT2D eigenvalue weighted by atomic mass is 16.1. The van der Waals surface area contributed by atoms with Crippen molar-refractivity contribution in [2.75, 3.05) is 0 Å². The van der Waals surface area contributed by atoms with E-state index >= 15 is 0 Å². The zero-order valence-corrected chi connectivity index (χ0v) is 10.2. The lowest BCUT2D eigenvalue weighted by Crippen LogP contribution is -2.06. The summed E-state index contributed by atoms with van der Waals surface area (Å²) in [4.78, 5) is 29.0. The van der Waals surface area contributed by atoms with Crippen LogP contribution in [-0.4, -0.2) is 33.6 Å². The molecule has 2 aromatic carbocycles. The van der Waals surface area contributed by atoms with Crippen molar-refractivity contribution >= 4 is 34.8 Å². The van der Waals surface area contributed by atoms with E-state index in [-0.39, 0.29) is 0 Å². The molecule has 0 fully saturated rings. The monoisotopic (exact) mass is 264 g/mol. The second-order valence-electron chi connectivity index (χ2n) is 3.92. The fourth-order valence-electron chi connectivity index (χ4n) is 1.97. The highest BCUT2D eigenvalue weighted by Gasteiger charge is 2.17. The molecule has 0 saturated heterocycles. The molecule has 2 rings (SSSR count). The van der Waals surface area contributed by atoms with Crippen LogP contribution in [-0.2, 0) is 0 Å². The Kier molecular flexibility index (Phi) is 3.72. The summed E-state index contributed by atoms with van der Waals surface area (Å²) in [5, 5.41) is 1.10. The Hall–Kier alpha value is -3.20. The quantitative estimate of drug-likeness (QED) is 0.363. The van der Waals surface area contributed by atoms with Gasteiger partial charge in [-0.15, -0.1) is 0 Å². The fraction of sp³-hybridized carbons (Fsp3) is 0. The number of Topliss-reactive ketones (excluding diaryl/α,β-unsaturated/α-hetero) is 2. The lowest BCUT2D eigenvalue weighted by molar-refractivity contribution is 0.00213. The van der Waals surface area contributed by atoms with E-state index in [2.05, 4.69) is 9.58 Å². The van der Waals surface area contributed by atoms with Crippen LogP contribution in [0, 0.1) is 0 Å². The number of ketones is 2. The first-order chi connectivity index (χ1) is 9.69. The van der Waals surface area contributed by atoms with Crippen LogP contribution in [0.15, 0.2) is 36.4 Å². The number of hydrogen-bond donors (Lipinski definition) is 0. The van der Waals surface area contributed by atoms with Gasteiger partial charge in [-0.2, -0.15) is 9.58 Å². The van der Waals surface area contributed by atoms with Gasteiger partial charge in [0.2, 0.25) is 0 Å². The van der Waals surface area contributed by atoms with Crippen LogP contribution < -0.4 is 0 Å². The maximum absolute atomic E-state index is 11.8. The van der Waals surface area contributed by atoms with Crippen LogP contribution in [0.5, 0.6) is 0 Å². The summed E-state index contributed by atoms with van der Waals surface area (Å²) in [7, 11) is 0. The summed E-state index contributed by atoms with van der Waals surface area (Å²) in [6.07, 6.45) is 1.58. The number of rotatable bonds is 4. The van der Waals surface area contributed by atoms with Gasteiger partial charge >= 0.3 is 12.4 Å². The van der Waals surface area contributed by atoms with Gasteiger partial charge in [0.05, 0.1) is 0 Å². The predicted octanol–water partition coefficient (Wildman–Crippen LogP) is 1.81. The minimum atomic E-state index is -0.474. The van der Waals surface area contributed by atoms with E-state index in [1.807, 2.05) is 0 Å². The van der Waals surface area contributed by atoms with Crippen molar-refractivity contribution in [1.82, 2.24) is 0 Å². The van der Waals surface area contributed by atoms with Gasteiger partial charge in [0.1, 0.15) is 0 Å². The van der Waals surface area contributed by atoms with Crippen molar-refractivity contribution in [3.05, 3.63) is 58.6 Å². The van der Waals surface area contributed by atoms with Gasteiger partial charge in [0.25, 0.3) is 11.6 Å². The molecular weight excluding hydrogens is 256 g/mol. The molecule has 0 aliphatic heterocycles. The fourth-order valence-corrected chi connectivity index (χ4v) is 1.97. The third-order valence-electron chi connectivity index (χ3n) is 2.80. The van der Waals surface area contributed by atoms with E-state index in [9.17, 15) is 9.59 Å². The number of carbonyl (C=O) groups excluding carboxylic acids is 2. The van der Waals surface area contributed by atoms with Gasteiger partial charge < -0.3 is 11.1 Å². The van der Waals surface area contributed by atoms with Crippen LogP contribution in [0.3, 0.4) is 0 Å². The van der Waals surface area contributed by atoms with Crippen molar-refractivity contribution in [1.29, 1.82) is 0 Å². The van der Waals surface area contributed by atoms with Gasteiger partial charge in [-0.25, -0.2) is 0 Å². The van der Waals surface area contributed by atoms with E-state index in [4.69, 9.17) is 11.1 Å². The molecule has 0 aromatic heterocycles. The van der Waals surface area contributed by atoms with Crippen LogP contribution in [0.2, 0.25) is 0 Å². The van der Waals surface area contributed by atoms with Crippen molar-refractivity contribution < 1.29 is 19.2 Å². The minimum Gasteiger partial charge on any atom is -0.361 e. The van der Waals surface area contributed by atoms with E-state index in [1.54, 1.807) is 24.3 Å². The van der Waals surface area contributed by atoms with Crippen LogP contribution >= 0.6 is 0 Å². The highest BCUT2D eigenvalue weighted by molar-refractivity contribution is 6.39. The highest BCUT2D eigenvalue weighted by Crippen LogP contribution is 2.23. The summed E-state index contributed by atoms with van der Waals surface area (Å²) in [5.74, 6) is -0.947.